The summed E-state index contributed by atoms with van der Waals surface area (Å²) in [6.45, 7) is 2.79. The number of ether oxygens (including phenoxy) is 1. The van der Waals surface area contributed by atoms with Crippen molar-refractivity contribution in [2.75, 3.05) is 33.4 Å². The molecule has 4 nitrogen and oxygen atoms in total. The molecule has 0 bridgehead atoms. The molecule has 0 spiro atoms. The van der Waals surface area contributed by atoms with Crippen LogP contribution in [0.15, 0.2) is 0 Å². The molecule has 0 amide bonds. The third-order valence-corrected chi connectivity index (χ3v) is 2.64. The molecular weight excluding hydrogens is 194 g/mol. The fraction of sp³-hybridized carbons (Fsp3) is 0.909. The molecule has 0 radical (unpaired) electrons. The van der Waals surface area contributed by atoms with Gasteiger partial charge in [0, 0.05) is 20.3 Å². The van der Waals surface area contributed by atoms with Crippen molar-refractivity contribution in [3.05, 3.63) is 0 Å². The Kier molecular flexibility index (Phi) is 5.65. The van der Waals surface area contributed by atoms with Crippen molar-refractivity contribution in [3.63, 3.8) is 0 Å². The summed E-state index contributed by atoms with van der Waals surface area (Å²) in [6, 6.07) is 0. The van der Waals surface area contributed by atoms with Gasteiger partial charge < -0.3 is 9.84 Å². The average molecular weight is 215 g/mol. The number of methoxy groups -OCH3 is 1. The molecule has 1 aliphatic carbocycles. The topological polar surface area (TPSA) is 49.8 Å². The van der Waals surface area contributed by atoms with Crippen LogP contribution in [0.4, 0.5) is 0 Å². The minimum absolute atomic E-state index is 0.184. The molecule has 0 saturated heterocycles. The van der Waals surface area contributed by atoms with E-state index in [1.165, 1.54) is 12.8 Å². The van der Waals surface area contributed by atoms with E-state index in [0.29, 0.717) is 0 Å². The number of carboxylic acids is 1. The lowest BCUT2D eigenvalue weighted by molar-refractivity contribution is -0.138. The van der Waals surface area contributed by atoms with Crippen LogP contribution >= 0.6 is 0 Å². The van der Waals surface area contributed by atoms with Crippen LogP contribution in [-0.2, 0) is 9.53 Å². The standard InChI is InChI=1S/C11H21NO3/c1-15-7-3-2-6-12(9-11(13)14)8-10-4-5-10/h10H,2-9H2,1H3,(H,13,14). The maximum absolute atomic E-state index is 10.6. The fourth-order valence-corrected chi connectivity index (χ4v) is 1.67. The number of hydrogen-bond acceptors (Lipinski definition) is 3. The predicted molar refractivity (Wildman–Crippen MR) is 57.9 cm³/mol. The Morgan fingerprint density at radius 3 is 2.73 bits per heavy atom. The van der Waals surface area contributed by atoms with E-state index >= 15 is 0 Å². The molecule has 1 saturated carbocycles. The lowest BCUT2D eigenvalue weighted by atomic mass is 10.2. The van der Waals surface area contributed by atoms with Crippen molar-refractivity contribution < 1.29 is 14.6 Å². The molecule has 0 atom stereocenters. The van der Waals surface area contributed by atoms with Crippen LogP contribution in [0.3, 0.4) is 0 Å². The van der Waals surface area contributed by atoms with E-state index in [4.69, 9.17) is 9.84 Å². The normalized spacial score (nSPS) is 15.9. The summed E-state index contributed by atoms with van der Waals surface area (Å²) in [7, 11) is 1.69. The summed E-state index contributed by atoms with van der Waals surface area (Å²) in [6.07, 6.45) is 4.58. The molecule has 0 heterocycles. The van der Waals surface area contributed by atoms with Crippen molar-refractivity contribution in [2.24, 2.45) is 5.92 Å². The van der Waals surface area contributed by atoms with E-state index in [2.05, 4.69) is 4.90 Å². The van der Waals surface area contributed by atoms with Crippen LogP contribution < -0.4 is 0 Å². The first kappa shape index (κ1) is 12.5. The third-order valence-electron chi connectivity index (χ3n) is 2.64. The smallest absolute Gasteiger partial charge is 0.317 e. The molecule has 0 aromatic heterocycles. The predicted octanol–water partition coefficient (Wildman–Crippen LogP) is 1.21. The van der Waals surface area contributed by atoms with E-state index in [9.17, 15) is 4.79 Å². The highest BCUT2D eigenvalue weighted by atomic mass is 16.5. The second-order valence-corrected chi connectivity index (χ2v) is 4.27. The van der Waals surface area contributed by atoms with Gasteiger partial charge in [-0.25, -0.2) is 0 Å². The van der Waals surface area contributed by atoms with Crippen molar-refractivity contribution >= 4 is 5.97 Å². The minimum atomic E-state index is -0.720. The monoisotopic (exact) mass is 215 g/mol. The zero-order chi connectivity index (χ0) is 11.1. The fourth-order valence-electron chi connectivity index (χ4n) is 1.67. The first-order chi connectivity index (χ1) is 7.22. The highest BCUT2D eigenvalue weighted by Crippen LogP contribution is 2.29. The average Bonchev–Trinajstić information content (AvgIpc) is 2.95. The number of nitrogens with zero attached hydrogens (tertiary/aromatic N) is 1. The Bertz CT molecular complexity index is 192. The van der Waals surface area contributed by atoms with Gasteiger partial charge in [-0.2, -0.15) is 0 Å². The Hall–Kier alpha value is -0.610. The second-order valence-electron chi connectivity index (χ2n) is 4.27. The molecule has 0 unspecified atom stereocenters. The van der Waals surface area contributed by atoms with Gasteiger partial charge >= 0.3 is 5.97 Å². The summed E-state index contributed by atoms with van der Waals surface area (Å²) in [5, 5.41) is 8.75. The van der Waals surface area contributed by atoms with Crippen molar-refractivity contribution in [1.29, 1.82) is 0 Å². The third kappa shape index (κ3) is 6.47. The van der Waals surface area contributed by atoms with Crippen molar-refractivity contribution in [3.8, 4) is 0 Å². The molecule has 0 aromatic carbocycles. The van der Waals surface area contributed by atoms with Crippen molar-refractivity contribution in [1.82, 2.24) is 4.90 Å². The molecule has 1 fully saturated rings. The van der Waals surface area contributed by atoms with Crippen LogP contribution in [0.2, 0.25) is 0 Å². The van der Waals surface area contributed by atoms with Crippen LogP contribution in [0, 0.1) is 5.92 Å². The highest BCUT2D eigenvalue weighted by Gasteiger charge is 2.24. The quantitative estimate of drug-likeness (QED) is 0.587. The Morgan fingerprint density at radius 2 is 2.20 bits per heavy atom. The maximum atomic E-state index is 10.6. The van der Waals surface area contributed by atoms with Gasteiger partial charge in [0.2, 0.25) is 0 Å². The van der Waals surface area contributed by atoms with Crippen molar-refractivity contribution in [2.45, 2.75) is 25.7 Å². The second kappa shape index (κ2) is 6.80. The van der Waals surface area contributed by atoms with Crippen LogP contribution in [0.1, 0.15) is 25.7 Å². The molecule has 88 valence electrons. The van der Waals surface area contributed by atoms with Crippen LogP contribution in [-0.4, -0.2) is 49.3 Å². The first-order valence-corrected chi connectivity index (χ1v) is 5.65. The van der Waals surface area contributed by atoms with Gasteiger partial charge in [0.1, 0.15) is 0 Å². The number of aliphatic carboxylic acids is 1. The van der Waals surface area contributed by atoms with E-state index in [1.54, 1.807) is 7.11 Å². The first-order valence-electron chi connectivity index (χ1n) is 5.65. The number of rotatable bonds is 9. The van der Waals surface area contributed by atoms with Crippen LogP contribution in [0.5, 0.6) is 0 Å². The molecule has 15 heavy (non-hydrogen) atoms. The maximum Gasteiger partial charge on any atom is 0.317 e. The lowest BCUT2D eigenvalue weighted by Gasteiger charge is -2.19. The summed E-state index contributed by atoms with van der Waals surface area (Å²) in [5.41, 5.74) is 0. The van der Waals surface area contributed by atoms with Gasteiger partial charge in [-0.1, -0.05) is 0 Å². The van der Waals surface area contributed by atoms with Crippen LogP contribution in [0.25, 0.3) is 0 Å². The van der Waals surface area contributed by atoms with Gasteiger partial charge in [-0.15, -0.1) is 0 Å². The zero-order valence-corrected chi connectivity index (χ0v) is 9.45. The number of hydrogen-bond donors (Lipinski definition) is 1. The SMILES string of the molecule is COCCCCN(CC(=O)O)CC1CC1. The Morgan fingerprint density at radius 1 is 1.47 bits per heavy atom. The van der Waals surface area contributed by atoms with Gasteiger partial charge in [0.25, 0.3) is 0 Å². The minimum Gasteiger partial charge on any atom is -0.480 e. The Labute approximate surface area is 91.2 Å². The molecule has 1 N–H and O–H groups in total. The van der Waals surface area contributed by atoms with Gasteiger partial charge in [-0.3, -0.25) is 9.69 Å². The lowest BCUT2D eigenvalue weighted by Crippen LogP contribution is -2.32. The summed E-state index contributed by atoms with van der Waals surface area (Å²) < 4.78 is 4.96. The van der Waals surface area contributed by atoms with Gasteiger partial charge in [0.05, 0.1) is 6.54 Å². The van der Waals surface area contributed by atoms with Gasteiger partial charge in [0.15, 0.2) is 0 Å². The highest BCUT2D eigenvalue weighted by molar-refractivity contribution is 5.69. The largest absolute Gasteiger partial charge is 0.480 e. The number of unbranched alkanes of at least 4 members (excludes halogenated alkanes) is 1. The molecule has 1 aliphatic rings. The number of carbonyl (C=O) groups is 1. The Balaban J connectivity index is 2.12. The zero-order valence-electron chi connectivity index (χ0n) is 9.45. The molecule has 0 aromatic rings. The summed E-state index contributed by atoms with van der Waals surface area (Å²) in [4.78, 5) is 12.7. The van der Waals surface area contributed by atoms with E-state index in [-0.39, 0.29) is 6.54 Å². The molecular formula is C11H21NO3. The molecule has 0 aliphatic heterocycles. The van der Waals surface area contributed by atoms with E-state index < -0.39 is 5.97 Å². The molecule has 1 rings (SSSR count). The summed E-state index contributed by atoms with van der Waals surface area (Å²) in [5.74, 6) is 0.0363. The number of carboxylic acid groups (broad SMARTS) is 1. The molecule has 4 heteroatoms. The summed E-state index contributed by atoms with van der Waals surface area (Å²) >= 11 is 0. The van der Waals surface area contributed by atoms with Gasteiger partial charge in [-0.05, 0) is 38.1 Å². The van der Waals surface area contributed by atoms with E-state index in [1.807, 2.05) is 0 Å². The van der Waals surface area contributed by atoms with E-state index in [0.717, 1.165) is 38.5 Å².